The maximum atomic E-state index is 10.3. The minimum atomic E-state index is -1.20. The van der Waals surface area contributed by atoms with Crippen molar-refractivity contribution >= 4 is 0 Å². The molecule has 2 aromatic carbocycles. The Balaban J connectivity index is 1.08. The first-order chi connectivity index (χ1) is 15.6. The van der Waals surface area contributed by atoms with Gasteiger partial charge in [0.2, 0.25) is 0 Å². The summed E-state index contributed by atoms with van der Waals surface area (Å²) in [6, 6.07) is 18.3. The lowest BCUT2D eigenvalue weighted by molar-refractivity contribution is -0.100. The Morgan fingerprint density at radius 1 is 0.875 bits per heavy atom. The highest BCUT2D eigenvalue weighted by Crippen LogP contribution is 2.41. The number of rotatable bonds is 8. The van der Waals surface area contributed by atoms with Gasteiger partial charge in [-0.2, -0.15) is 0 Å². The van der Waals surface area contributed by atoms with E-state index in [-0.39, 0.29) is 12.0 Å². The van der Waals surface area contributed by atoms with Gasteiger partial charge in [0.15, 0.2) is 0 Å². The summed E-state index contributed by atoms with van der Waals surface area (Å²) in [4.78, 5) is 0. The summed E-state index contributed by atoms with van der Waals surface area (Å²) >= 11 is 0. The van der Waals surface area contributed by atoms with Crippen LogP contribution in [0.5, 0.6) is 5.75 Å². The van der Waals surface area contributed by atoms with E-state index < -0.39 is 24.4 Å². The lowest BCUT2D eigenvalue weighted by Gasteiger charge is -2.31. The Labute approximate surface area is 186 Å². The second-order valence-electron chi connectivity index (χ2n) is 8.48. The molecule has 0 spiro atoms. The molecule has 1 aromatic heterocycles. The van der Waals surface area contributed by atoms with E-state index in [0.29, 0.717) is 13.2 Å². The highest BCUT2D eigenvalue weighted by molar-refractivity contribution is 5.63. The third kappa shape index (κ3) is 4.40. The van der Waals surface area contributed by atoms with Crippen molar-refractivity contribution in [3.05, 3.63) is 66.5 Å². The Morgan fingerprint density at radius 3 is 2.41 bits per heavy atom. The molecule has 8 nitrogen and oxygen atoms in total. The van der Waals surface area contributed by atoms with Crippen molar-refractivity contribution in [1.29, 1.82) is 0 Å². The van der Waals surface area contributed by atoms with Crippen molar-refractivity contribution in [2.24, 2.45) is 5.92 Å². The highest BCUT2D eigenvalue weighted by atomic mass is 16.6. The average molecular weight is 437 g/mol. The molecule has 6 atom stereocenters. The fourth-order valence-electron chi connectivity index (χ4n) is 4.39. The molecule has 0 amide bonds. The van der Waals surface area contributed by atoms with Gasteiger partial charge in [-0.15, -0.1) is 5.10 Å². The van der Waals surface area contributed by atoms with Crippen molar-refractivity contribution in [3.63, 3.8) is 0 Å². The van der Waals surface area contributed by atoms with Gasteiger partial charge in [0.1, 0.15) is 24.1 Å². The van der Waals surface area contributed by atoms with Crippen LogP contribution >= 0.6 is 0 Å². The Kier molecular flexibility index (Phi) is 5.93. The Hall–Kier alpha value is -2.78. The van der Waals surface area contributed by atoms with Crippen LogP contribution in [0.1, 0.15) is 12.1 Å². The molecule has 1 aliphatic heterocycles. The molecule has 0 unspecified atom stereocenters. The molecular formula is C24H27N3O5. The molecule has 2 aliphatic rings. The first-order valence-electron chi connectivity index (χ1n) is 11.0. The number of hydrogen-bond donors (Lipinski definition) is 3. The SMILES string of the molecule is O[C@@H]1[C@@H](O)[C@@H]2O[C@@H]2[C@H](Cn2cc(CCCOc3ccc(-c4ccccc4)cc3)nn2)[C@H]1O. The molecular weight excluding hydrogens is 410 g/mol. The zero-order valence-corrected chi connectivity index (χ0v) is 17.6. The van der Waals surface area contributed by atoms with Crippen LogP contribution in [-0.4, -0.2) is 67.4 Å². The second kappa shape index (κ2) is 8.99. The Bertz CT molecular complexity index is 1030. The predicted octanol–water partition coefficient (Wildman–Crippen LogP) is 1.44. The van der Waals surface area contributed by atoms with Crippen molar-refractivity contribution in [3.8, 4) is 16.9 Å². The fourth-order valence-corrected chi connectivity index (χ4v) is 4.39. The quantitative estimate of drug-likeness (QED) is 0.361. The fraction of sp³-hybridized carbons (Fsp3) is 0.417. The van der Waals surface area contributed by atoms with E-state index >= 15 is 0 Å². The summed E-state index contributed by atoms with van der Waals surface area (Å²) in [7, 11) is 0. The van der Waals surface area contributed by atoms with Crippen molar-refractivity contribution in [1.82, 2.24) is 15.0 Å². The molecule has 1 saturated carbocycles. The van der Waals surface area contributed by atoms with Crippen LogP contribution in [-0.2, 0) is 17.7 Å². The number of aliphatic hydroxyl groups is 3. The first kappa shape index (κ1) is 21.1. The summed E-state index contributed by atoms with van der Waals surface area (Å²) in [5.41, 5.74) is 3.17. The second-order valence-corrected chi connectivity index (χ2v) is 8.48. The van der Waals surface area contributed by atoms with Crippen molar-refractivity contribution in [2.75, 3.05) is 6.61 Å². The number of aryl methyl sites for hydroxylation is 1. The zero-order valence-electron chi connectivity index (χ0n) is 17.6. The van der Waals surface area contributed by atoms with Gasteiger partial charge in [0, 0.05) is 12.1 Å². The zero-order chi connectivity index (χ0) is 22.1. The minimum absolute atomic E-state index is 0.252. The topological polar surface area (TPSA) is 113 Å². The molecule has 3 aromatic rings. The van der Waals surface area contributed by atoms with E-state index in [1.807, 2.05) is 36.5 Å². The Morgan fingerprint density at radius 2 is 1.62 bits per heavy atom. The molecule has 1 saturated heterocycles. The van der Waals surface area contributed by atoms with E-state index in [9.17, 15) is 15.3 Å². The summed E-state index contributed by atoms with van der Waals surface area (Å²) in [5, 5.41) is 38.4. The number of hydrogen-bond acceptors (Lipinski definition) is 7. The third-order valence-corrected chi connectivity index (χ3v) is 6.25. The van der Waals surface area contributed by atoms with Gasteiger partial charge in [-0.25, -0.2) is 0 Å². The minimum Gasteiger partial charge on any atom is -0.494 e. The maximum absolute atomic E-state index is 10.3. The van der Waals surface area contributed by atoms with Crippen LogP contribution in [0.4, 0.5) is 0 Å². The van der Waals surface area contributed by atoms with Crippen LogP contribution in [0, 0.1) is 5.92 Å². The molecule has 0 radical (unpaired) electrons. The third-order valence-electron chi connectivity index (χ3n) is 6.25. The monoisotopic (exact) mass is 437 g/mol. The number of epoxide rings is 1. The average Bonchev–Trinajstić information content (AvgIpc) is 3.51. The summed E-state index contributed by atoms with van der Waals surface area (Å²) in [6.07, 6.45) is -0.585. The smallest absolute Gasteiger partial charge is 0.119 e. The molecule has 3 N–H and O–H groups in total. The summed E-state index contributed by atoms with van der Waals surface area (Å²) < 4.78 is 12.9. The molecule has 2 fully saturated rings. The van der Waals surface area contributed by atoms with E-state index in [1.54, 1.807) is 4.68 Å². The summed E-state index contributed by atoms with van der Waals surface area (Å²) in [6.45, 7) is 0.948. The van der Waals surface area contributed by atoms with Crippen molar-refractivity contribution in [2.45, 2.75) is 49.9 Å². The molecule has 0 bridgehead atoms. The largest absolute Gasteiger partial charge is 0.494 e. The molecule has 32 heavy (non-hydrogen) atoms. The van der Waals surface area contributed by atoms with Gasteiger partial charge in [-0.3, -0.25) is 4.68 Å². The predicted molar refractivity (Wildman–Crippen MR) is 116 cm³/mol. The van der Waals surface area contributed by atoms with E-state index in [2.05, 4.69) is 34.6 Å². The van der Waals surface area contributed by atoms with Crippen LogP contribution in [0.2, 0.25) is 0 Å². The lowest BCUT2D eigenvalue weighted by atomic mass is 9.82. The van der Waals surface area contributed by atoms with Gasteiger partial charge >= 0.3 is 0 Å². The van der Waals surface area contributed by atoms with E-state index in [4.69, 9.17) is 9.47 Å². The van der Waals surface area contributed by atoms with E-state index in [0.717, 1.165) is 29.8 Å². The molecule has 2 heterocycles. The van der Waals surface area contributed by atoms with Gasteiger partial charge in [0.05, 0.1) is 31.1 Å². The first-order valence-corrected chi connectivity index (χ1v) is 11.0. The molecule has 1 aliphatic carbocycles. The number of nitrogens with zero attached hydrogens (tertiary/aromatic N) is 3. The van der Waals surface area contributed by atoms with Crippen molar-refractivity contribution < 1.29 is 24.8 Å². The van der Waals surface area contributed by atoms with Crippen LogP contribution < -0.4 is 4.74 Å². The standard InChI is InChI=1S/C24H27N3O5/c28-20-19(23-24(32-23)22(30)21(20)29)14-27-13-17(25-26-27)7-4-12-31-18-10-8-16(9-11-18)15-5-2-1-3-6-15/h1-3,5-6,8-11,13,19-24,28-30H,4,7,12,14H2/t19-,20-,21+,22-,23-,24+/m1/s1. The number of aliphatic hydroxyl groups excluding tert-OH is 3. The van der Waals surface area contributed by atoms with E-state index in [1.165, 1.54) is 5.56 Å². The lowest BCUT2D eigenvalue weighted by Crippen LogP contribution is -2.52. The van der Waals surface area contributed by atoms with Crippen LogP contribution in [0.15, 0.2) is 60.8 Å². The summed E-state index contributed by atoms with van der Waals surface area (Å²) in [5.74, 6) is 0.509. The van der Waals surface area contributed by atoms with Gasteiger partial charge in [-0.1, -0.05) is 47.7 Å². The number of fused-ring (bicyclic) bond motifs is 1. The van der Waals surface area contributed by atoms with Gasteiger partial charge in [0.25, 0.3) is 0 Å². The van der Waals surface area contributed by atoms with Crippen LogP contribution in [0.3, 0.4) is 0 Å². The molecule has 5 rings (SSSR count). The maximum Gasteiger partial charge on any atom is 0.119 e. The van der Waals surface area contributed by atoms with Gasteiger partial charge < -0.3 is 24.8 Å². The molecule has 168 valence electrons. The normalized spacial score (nSPS) is 28.8. The van der Waals surface area contributed by atoms with Crippen LogP contribution in [0.25, 0.3) is 11.1 Å². The highest BCUT2D eigenvalue weighted by Gasteiger charge is 2.59. The molecule has 8 heteroatoms. The van der Waals surface area contributed by atoms with Gasteiger partial charge in [-0.05, 0) is 36.1 Å². The number of ether oxygens (including phenoxy) is 2. The number of aromatic nitrogens is 3. The number of benzene rings is 2.